The van der Waals surface area contributed by atoms with E-state index in [-0.39, 0.29) is 19.1 Å². The lowest BCUT2D eigenvalue weighted by molar-refractivity contribution is -0.143. The standard InChI is InChI=1S/C21H24Cl3N3O4/c1-3-30-11-5-10-25-19(28)13-31-20(29)9-8-15-14(2)26-27(21(15)24)12-16-17(22)6-4-7-18(16)23/h4,6-9H,3,5,10-13H2,1-2H3,(H,25,28)/b9-8+. The molecule has 0 aliphatic carbocycles. The van der Waals surface area contributed by atoms with Crippen LogP contribution < -0.4 is 5.32 Å². The third kappa shape index (κ3) is 7.85. The summed E-state index contributed by atoms with van der Waals surface area (Å²) < 4.78 is 11.7. The summed E-state index contributed by atoms with van der Waals surface area (Å²) in [4.78, 5) is 23.6. The van der Waals surface area contributed by atoms with Gasteiger partial charge in [0.15, 0.2) is 6.61 Å². The molecule has 10 heteroatoms. The first-order valence-corrected chi connectivity index (χ1v) is 10.8. The van der Waals surface area contributed by atoms with Crippen LogP contribution in [0.1, 0.15) is 30.2 Å². The maximum atomic E-state index is 11.9. The summed E-state index contributed by atoms with van der Waals surface area (Å²) in [6, 6.07) is 5.23. The molecule has 31 heavy (non-hydrogen) atoms. The largest absolute Gasteiger partial charge is 0.452 e. The molecule has 0 saturated carbocycles. The highest BCUT2D eigenvalue weighted by Crippen LogP contribution is 2.28. The van der Waals surface area contributed by atoms with Gasteiger partial charge in [0.1, 0.15) is 5.15 Å². The molecule has 0 bridgehead atoms. The molecule has 1 aromatic heterocycles. The van der Waals surface area contributed by atoms with Crippen molar-refractivity contribution in [2.24, 2.45) is 0 Å². The molecule has 0 fully saturated rings. The summed E-state index contributed by atoms with van der Waals surface area (Å²) in [5.74, 6) is -1.04. The quantitative estimate of drug-likeness (QED) is 0.290. The van der Waals surface area contributed by atoms with Gasteiger partial charge in [-0.1, -0.05) is 40.9 Å². The minimum atomic E-state index is -0.665. The molecule has 168 valence electrons. The summed E-state index contributed by atoms with van der Waals surface area (Å²) in [5, 5.41) is 8.37. The Morgan fingerprint density at radius 1 is 1.23 bits per heavy atom. The van der Waals surface area contributed by atoms with E-state index in [0.29, 0.717) is 58.2 Å². The van der Waals surface area contributed by atoms with E-state index < -0.39 is 5.97 Å². The SMILES string of the molecule is CCOCCCNC(=O)COC(=O)/C=C/c1c(C)nn(Cc2c(Cl)cccc2Cl)c1Cl. The molecule has 0 atom stereocenters. The summed E-state index contributed by atoms with van der Waals surface area (Å²) in [7, 11) is 0. The smallest absolute Gasteiger partial charge is 0.331 e. The zero-order valence-corrected chi connectivity index (χ0v) is 19.6. The van der Waals surface area contributed by atoms with Crippen molar-refractivity contribution in [1.29, 1.82) is 0 Å². The van der Waals surface area contributed by atoms with Crippen LogP contribution in [0.2, 0.25) is 15.2 Å². The van der Waals surface area contributed by atoms with Crippen molar-refractivity contribution in [2.75, 3.05) is 26.4 Å². The first-order chi connectivity index (χ1) is 14.8. The highest BCUT2D eigenvalue weighted by Gasteiger charge is 2.15. The van der Waals surface area contributed by atoms with E-state index in [4.69, 9.17) is 44.3 Å². The van der Waals surface area contributed by atoms with Crippen molar-refractivity contribution < 1.29 is 19.1 Å². The predicted octanol–water partition coefficient (Wildman–Crippen LogP) is 4.30. The number of hydrogen-bond donors (Lipinski definition) is 1. The molecule has 7 nitrogen and oxygen atoms in total. The Bertz CT molecular complexity index is 924. The molecule has 1 N–H and O–H groups in total. The maximum absolute atomic E-state index is 11.9. The van der Waals surface area contributed by atoms with Crippen LogP contribution in [0.3, 0.4) is 0 Å². The zero-order valence-electron chi connectivity index (χ0n) is 17.3. The molecule has 1 aromatic carbocycles. The molecule has 1 heterocycles. The van der Waals surface area contributed by atoms with Crippen molar-refractivity contribution >= 4 is 52.8 Å². The van der Waals surface area contributed by atoms with Crippen molar-refractivity contribution in [1.82, 2.24) is 15.1 Å². The summed E-state index contributed by atoms with van der Waals surface area (Å²) in [6.45, 7) is 5.23. The minimum Gasteiger partial charge on any atom is -0.452 e. The molecular weight excluding hydrogens is 465 g/mol. The molecule has 0 unspecified atom stereocenters. The highest BCUT2D eigenvalue weighted by atomic mass is 35.5. The molecule has 0 saturated heterocycles. The Hall–Kier alpha value is -2.06. The number of halogens is 3. The Labute approximate surface area is 196 Å². The molecule has 0 radical (unpaired) electrons. The maximum Gasteiger partial charge on any atom is 0.331 e. The topological polar surface area (TPSA) is 82.4 Å². The lowest BCUT2D eigenvalue weighted by Crippen LogP contribution is -2.29. The number of aromatic nitrogens is 2. The van der Waals surface area contributed by atoms with E-state index in [1.54, 1.807) is 29.8 Å². The van der Waals surface area contributed by atoms with Crippen molar-refractivity contribution in [3.63, 3.8) is 0 Å². The van der Waals surface area contributed by atoms with E-state index in [1.807, 2.05) is 6.92 Å². The summed E-state index contributed by atoms with van der Waals surface area (Å²) in [6.07, 6.45) is 3.39. The summed E-state index contributed by atoms with van der Waals surface area (Å²) in [5.41, 5.74) is 1.86. The Balaban J connectivity index is 1.91. The van der Waals surface area contributed by atoms with Gasteiger partial charge < -0.3 is 14.8 Å². The second-order valence-corrected chi connectivity index (χ2v) is 7.66. The van der Waals surface area contributed by atoms with Gasteiger partial charge in [0, 0.05) is 47.0 Å². The zero-order chi connectivity index (χ0) is 22.8. The lowest BCUT2D eigenvalue weighted by Gasteiger charge is -2.08. The first kappa shape index (κ1) is 25.2. The second kappa shape index (κ2) is 12.7. The number of nitrogens with zero attached hydrogens (tertiary/aromatic N) is 2. The third-order valence-corrected chi connectivity index (χ3v) is 5.31. The molecule has 0 spiro atoms. The van der Waals surface area contributed by atoms with E-state index >= 15 is 0 Å². The Morgan fingerprint density at radius 3 is 2.61 bits per heavy atom. The molecule has 2 rings (SSSR count). The van der Waals surface area contributed by atoms with Crippen molar-refractivity contribution in [3.05, 3.63) is 56.3 Å². The minimum absolute atomic E-state index is 0.278. The van der Waals surface area contributed by atoms with Crippen molar-refractivity contribution in [2.45, 2.75) is 26.8 Å². The van der Waals surface area contributed by atoms with Gasteiger partial charge in [0.25, 0.3) is 5.91 Å². The fourth-order valence-electron chi connectivity index (χ4n) is 2.63. The van der Waals surface area contributed by atoms with Gasteiger partial charge in [0.05, 0.1) is 12.2 Å². The fourth-order valence-corrected chi connectivity index (χ4v) is 3.44. The van der Waals surface area contributed by atoms with E-state index in [2.05, 4.69) is 10.4 Å². The van der Waals surface area contributed by atoms with Crippen LogP contribution in [0.25, 0.3) is 6.08 Å². The average molecular weight is 489 g/mol. The highest BCUT2D eigenvalue weighted by molar-refractivity contribution is 6.36. The number of carbonyl (C=O) groups excluding carboxylic acids is 2. The monoisotopic (exact) mass is 487 g/mol. The number of aryl methyl sites for hydroxylation is 1. The van der Waals surface area contributed by atoms with Gasteiger partial charge in [-0.15, -0.1) is 0 Å². The molecule has 2 aromatic rings. The number of benzene rings is 1. The number of ether oxygens (including phenoxy) is 2. The lowest BCUT2D eigenvalue weighted by atomic mass is 10.2. The Morgan fingerprint density at radius 2 is 1.94 bits per heavy atom. The van der Waals surface area contributed by atoms with Gasteiger partial charge in [-0.05, 0) is 38.5 Å². The number of rotatable bonds is 11. The number of nitrogens with one attached hydrogen (secondary N) is 1. The molecule has 0 aliphatic rings. The van der Waals surface area contributed by atoms with E-state index in [0.717, 1.165) is 0 Å². The number of carbonyl (C=O) groups is 2. The van der Waals surface area contributed by atoms with Crippen molar-refractivity contribution in [3.8, 4) is 0 Å². The van der Waals surface area contributed by atoms with E-state index in [1.165, 1.54) is 12.2 Å². The predicted molar refractivity (Wildman–Crippen MR) is 122 cm³/mol. The van der Waals surface area contributed by atoms with Gasteiger partial charge in [0.2, 0.25) is 0 Å². The van der Waals surface area contributed by atoms with Crippen LogP contribution >= 0.6 is 34.8 Å². The Kier molecular flexibility index (Phi) is 10.3. The third-order valence-electron chi connectivity index (χ3n) is 4.20. The second-order valence-electron chi connectivity index (χ2n) is 6.49. The summed E-state index contributed by atoms with van der Waals surface area (Å²) >= 11 is 18.9. The average Bonchev–Trinajstić information content (AvgIpc) is 3.00. The van der Waals surface area contributed by atoms with Gasteiger partial charge in [-0.3, -0.25) is 4.79 Å². The van der Waals surface area contributed by atoms with Crippen LogP contribution in [-0.2, 0) is 25.6 Å². The van der Waals surface area contributed by atoms with Crippen LogP contribution in [0.15, 0.2) is 24.3 Å². The van der Waals surface area contributed by atoms with E-state index in [9.17, 15) is 9.59 Å². The fraction of sp³-hybridized carbons (Fsp3) is 0.381. The van der Waals surface area contributed by atoms with Gasteiger partial charge in [-0.25, -0.2) is 9.48 Å². The first-order valence-electron chi connectivity index (χ1n) is 9.68. The molecular formula is C21H24Cl3N3O4. The number of hydrogen-bond acceptors (Lipinski definition) is 5. The number of amides is 1. The van der Waals surface area contributed by atoms with Crippen LogP contribution in [-0.4, -0.2) is 48.0 Å². The molecule has 0 aliphatic heterocycles. The van der Waals surface area contributed by atoms with Crippen LogP contribution in [0.4, 0.5) is 0 Å². The van der Waals surface area contributed by atoms with Gasteiger partial charge >= 0.3 is 5.97 Å². The van der Waals surface area contributed by atoms with Gasteiger partial charge in [-0.2, -0.15) is 5.10 Å². The van der Waals surface area contributed by atoms with Crippen LogP contribution in [0.5, 0.6) is 0 Å². The number of esters is 1. The van der Waals surface area contributed by atoms with Crippen LogP contribution in [0, 0.1) is 6.92 Å². The normalized spacial score (nSPS) is 11.1. The molecule has 1 amide bonds.